The van der Waals surface area contributed by atoms with E-state index in [1.165, 1.54) is 36.8 Å². The van der Waals surface area contributed by atoms with E-state index < -0.39 is 17.5 Å². The van der Waals surface area contributed by atoms with E-state index in [1.54, 1.807) is 0 Å². The molecule has 0 spiro atoms. The zero-order valence-electron chi connectivity index (χ0n) is 10.6. The number of hydrogen-bond donors (Lipinski definition) is 2. The van der Waals surface area contributed by atoms with Gasteiger partial charge in [0.2, 0.25) is 0 Å². The standard InChI is InChI=1S/C14H9FN4O2/c15-10-7(2-1-3-8(10)13(16)21)12(20)9-6-19-14-11(9)17-4-5-18-14/h1-6H,(H2,16,21)(H,18,19). The summed E-state index contributed by atoms with van der Waals surface area (Å²) in [6.45, 7) is 0. The number of nitrogens with two attached hydrogens (primary N) is 1. The number of carbonyl (C=O) groups is 2. The third-order valence-corrected chi connectivity index (χ3v) is 3.06. The van der Waals surface area contributed by atoms with Gasteiger partial charge in [0.05, 0.1) is 16.7 Å². The summed E-state index contributed by atoms with van der Waals surface area (Å²) in [6, 6.07) is 3.92. The lowest BCUT2D eigenvalue weighted by Gasteiger charge is -2.04. The zero-order chi connectivity index (χ0) is 15.0. The first-order valence-electron chi connectivity index (χ1n) is 6.00. The Bertz CT molecular complexity index is 872. The number of H-pyrrole nitrogens is 1. The van der Waals surface area contributed by atoms with Crippen LogP contribution in [0.4, 0.5) is 4.39 Å². The molecule has 0 unspecified atom stereocenters. The number of carbonyl (C=O) groups excluding carboxylic acids is 2. The summed E-state index contributed by atoms with van der Waals surface area (Å²) in [6.07, 6.45) is 4.31. The van der Waals surface area contributed by atoms with Gasteiger partial charge >= 0.3 is 0 Å². The molecule has 104 valence electrons. The number of benzene rings is 1. The van der Waals surface area contributed by atoms with Crippen molar-refractivity contribution in [2.45, 2.75) is 0 Å². The highest BCUT2D eigenvalue weighted by Crippen LogP contribution is 2.20. The predicted octanol–water partition coefficient (Wildman–Crippen LogP) is 1.43. The molecular weight excluding hydrogens is 275 g/mol. The maximum Gasteiger partial charge on any atom is 0.251 e. The molecule has 3 aromatic rings. The number of nitrogens with zero attached hydrogens (tertiary/aromatic N) is 2. The average molecular weight is 284 g/mol. The van der Waals surface area contributed by atoms with Crippen molar-refractivity contribution in [2.75, 3.05) is 0 Å². The third kappa shape index (κ3) is 2.04. The highest BCUT2D eigenvalue weighted by molar-refractivity contribution is 6.15. The Labute approximate surface area is 117 Å². The smallest absolute Gasteiger partial charge is 0.251 e. The molecule has 2 heterocycles. The van der Waals surface area contributed by atoms with Crippen molar-refractivity contribution in [1.82, 2.24) is 15.0 Å². The fourth-order valence-electron chi connectivity index (χ4n) is 2.07. The molecule has 0 atom stereocenters. The van der Waals surface area contributed by atoms with Crippen LogP contribution in [-0.4, -0.2) is 26.6 Å². The Balaban J connectivity index is 2.15. The summed E-state index contributed by atoms with van der Waals surface area (Å²) in [5.74, 6) is -2.46. The molecule has 0 aliphatic rings. The van der Waals surface area contributed by atoms with Crippen LogP contribution in [0.2, 0.25) is 0 Å². The molecule has 0 saturated heterocycles. The van der Waals surface area contributed by atoms with Gasteiger partial charge in [-0.25, -0.2) is 9.37 Å². The molecule has 1 aromatic carbocycles. The Morgan fingerprint density at radius 1 is 1.10 bits per heavy atom. The number of nitrogens with one attached hydrogen (secondary N) is 1. The molecule has 0 saturated carbocycles. The van der Waals surface area contributed by atoms with Crippen LogP contribution in [0.15, 0.2) is 36.8 Å². The lowest BCUT2D eigenvalue weighted by molar-refractivity contribution is 0.0996. The van der Waals surface area contributed by atoms with E-state index in [4.69, 9.17) is 5.73 Å². The largest absolute Gasteiger partial charge is 0.366 e. The molecule has 3 rings (SSSR count). The van der Waals surface area contributed by atoms with E-state index in [2.05, 4.69) is 15.0 Å². The van der Waals surface area contributed by atoms with Gasteiger partial charge in [-0.1, -0.05) is 6.07 Å². The summed E-state index contributed by atoms with van der Waals surface area (Å²) in [4.78, 5) is 34.4. The van der Waals surface area contributed by atoms with Crippen LogP contribution < -0.4 is 5.73 Å². The molecular formula is C14H9FN4O2. The van der Waals surface area contributed by atoms with Crippen molar-refractivity contribution in [3.63, 3.8) is 0 Å². The van der Waals surface area contributed by atoms with Crippen LogP contribution in [-0.2, 0) is 0 Å². The maximum atomic E-state index is 14.2. The topological polar surface area (TPSA) is 102 Å². The molecule has 6 nitrogen and oxygen atoms in total. The number of ketones is 1. The van der Waals surface area contributed by atoms with Gasteiger partial charge in [0, 0.05) is 18.6 Å². The molecule has 0 aliphatic carbocycles. The minimum Gasteiger partial charge on any atom is -0.366 e. The van der Waals surface area contributed by atoms with Gasteiger partial charge in [0.1, 0.15) is 11.3 Å². The predicted molar refractivity (Wildman–Crippen MR) is 72.2 cm³/mol. The van der Waals surface area contributed by atoms with Crippen molar-refractivity contribution >= 4 is 22.9 Å². The summed E-state index contributed by atoms with van der Waals surface area (Å²) >= 11 is 0. The summed E-state index contributed by atoms with van der Waals surface area (Å²) < 4.78 is 14.2. The first-order valence-corrected chi connectivity index (χ1v) is 6.00. The fraction of sp³-hybridized carbons (Fsp3) is 0. The maximum absolute atomic E-state index is 14.2. The van der Waals surface area contributed by atoms with E-state index >= 15 is 0 Å². The number of primary amides is 1. The van der Waals surface area contributed by atoms with Crippen molar-refractivity contribution in [2.24, 2.45) is 5.73 Å². The molecule has 7 heteroatoms. The second-order valence-corrected chi connectivity index (χ2v) is 4.32. The van der Waals surface area contributed by atoms with E-state index in [1.807, 2.05) is 0 Å². The van der Waals surface area contributed by atoms with Crippen LogP contribution in [0.1, 0.15) is 26.3 Å². The second-order valence-electron chi connectivity index (χ2n) is 4.32. The number of rotatable bonds is 3. The second kappa shape index (κ2) is 4.78. The summed E-state index contributed by atoms with van der Waals surface area (Å²) in [5.41, 5.74) is 5.45. The quantitative estimate of drug-likeness (QED) is 0.710. The monoisotopic (exact) mass is 284 g/mol. The van der Waals surface area contributed by atoms with Gasteiger partial charge in [0.15, 0.2) is 11.4 Å². The minimum atomic E-state index is -0.937. The zero-order valence-corrected chi connectivity index (χ0v) is 10.6. The van der Waals surface area contributed by atoms with Crippen molar-refractivity contribution < 1.29 is 14.0 Å². The normalized spacial score (nSPS) is 10.7. The highest BCUT2D eigenvalue weighted by atomic mass is 19.1. The number of amides is 1. The van der Waals surface area contributed by atoms with Gasteiger partial charge in [-0.15, -0.1) is 0 Å². The van der Waals surface area contributed by atoms with Crippen LogP contribution >= 0.6 is 0 Å². The van der Waals surface area contributed by atoms with Crippen LogP contribution in [0.25, 0.3) is 11.2 Å². The molecule has 0 aliphatic heterocycles. The molecule has 21 heavy (non-hydrogen) atoms. The lowest BCUT2D eigenvalue weighted by Crippen LogP contribution is -2.16. The Morgan fingerprint density at radius 2 is 1.81 bits per heavy atom. The van der Waals surface area contributed by atoms with E-state index in [0.717, 1.165) is 0 Å². The Hall–Kier alpha value is -3.09. The number of hydrogen-bond acceptors (Lipinski definition) is 4. The number of halogens is 1. The van der Waals surface area contributed by atoms with Crippen molar-refractivity contribution in [3.05, 3.63) is 59.3 Å². The van der Waals surface area contributed by atoms with Crippen molar-refractivity contribution in [1.29, 1.82) is 0 Å². The van der Waals surface area contributed by atoms with Gasteiger partial charge in [-0.05, 0) is 12.1 Å². The van der Waals surface area contributed by atoms with E-state index in [-0.39, 0.29) is 16.7 Å². The minimum absolute atomic E-state index is 0.179. The average Bonchev–Trinajstić information content (AvgIpc) is 2.90. The van der Waals surface area contributed by atoms with Gasteiger partial charge < -0.3 is 10.7 Å². The summed E-state index contributed by atoms with van der Waals surface area (Å²) in [7, 11) is 0. The molecule has 0 bridgehead atoms. The van der Waals surface area contributed by atoms with Gasteiger partial charge in [-0.2, -0.15) is 0 Å². The Kier molecular flexibility index (Phi) is 2.94. The summed E-state index contributed by atoms with van der Waals surface area (Å²) in [5, 5.41) is 0. The Morgan fingerprint density at radius 3 is 2.57 bits per heavy atom. The first-order chi connectivity index (χ1) is 10.1. The number of fused-ring (bicyclic) bond motifs is 1. The first kappa shape index (κ1) is 12.9. The van der Waals surface area contributed by atoms with Gasteiger partial charge in [-0.3, -0.25) is 14.6 Å². The van der Waals surface area contributed by atoms with Crippen molar-refractivity contribution in [3.8, 4) is 0 Å². The number of aromatic nitrogens is 3. The molecule has 1 amide bonds. The van der Waals surface area contributed by atoms with Crippen LogP contribution in [0, 0.1) is 5.82 Å². The fourth-order valence-corrected chi connectivity index (χ4v) is 2.07. The number of aromatic amines is 1. The highest BCUT2D eigenvalue weighted by Gasteiger charge is 2.21. The molecule has 0 radical (unpaired) electrons. The molecule has 3 N–H and O–H groups in total. The third-order valence-electron chi connectivity index (χ3n) is 3.06. The van der Waals surface area contributed by atoms with Gasteiger partial charge in [0.25, 0.3) is 5.91 Å². The van der Waals surface area contributed by atoms with E-state index in [9.17, 15) is 14.0 Å². The lowest BCUT2D eigenvalue weighted by atomic mass is 10.0. The molecule has 0 fully saturated rings. The molecule has 2 aromatic heterocycles. The SMILES string of the molecule is NC(=O)c1cccc(C(=O)c2c[nH]c3nccnc23)c1F. The van der Waals surface area contributed by atoms with Crippen LogP contribution in [0.5, 0.6) is 0 Å². The van der Waals surface area contributed by atoms with Crippen LogP contribution in [0.3, 0.4) is 0 Å². The van der Waals surface area contributed by atoms with E-state index in [0.29, 0.717) is 11.2 Å².